The number of carbonyl (C=O) groups is 1. The van der Waals surface area contributed by atoms with E-state index in [4.69, 9.17) is 4.42 Å². The predicted octanol–water partition coefficient (Wildman–Crippen LogP) is 3.48. The van der Waals surface area contributed by atoms with Crippen LogP contribution in [0.25, 0.3) is 11.5 Å². The molecular formula is C22H20N4O2. The van der Waals surface area contributed by atoms with Crippen LogP contribution in [0.1, 0.15) is 21.6 Å². The van der Waals surface area contributed by atoms with Crippen molar-refractivity contribution in [2.45, 2.75) is 6.92 Å². The van der Waals surface area contributed by atoms with Gasteiger partial charge in [0, 0.05) is 37.3 Å². The van der Waals surface area contributed by atoms with Crippen molar-refractivity contribution in [3.63, 3.8) is 0 Å². The molecule has 0 spiro atoms. The lowest BCUT2D eigenvalue weighted by atomic mass is 10.1. The van der Waals surface area contributed by atoms with Gasteiger partial charge >= 0.3 is 0 Å². The van der Waals surface area contributed by atoms with Gasteiger partial charge in [-0.15, -0.1) is 0 Å². The van der Waals surface area contributed by atoms with Crippen LogP contribution >= 0.6 is 0 Å². The first-order chi connectivity index (χ1) is 13.7. The number of hydrogen-bond acceptors (Lipinski definition) is 5. The lowest BCUT2D eigenvalue weighted by molar-refractivity contribution is 0.0744. The second-order valence-corrected chi connectivity index (χ2v) is 6.74. The molecular weight excluding hydrogens is 352 g/mol. The van der Waals surface area contributed by atoms with E-state index in [1.54, 1.807) is 0 Å². The summed E-state index contributed by atoms with van der Waals surface area (Å²) in [6, 6.07) is 19.3. The van der Waals surface area contributed by atoms with Gasteiger partial charge in [-0.05, 0) is 30.7 Å². The minimum Gasteiger partial charge on any atom is -0.419 e. The van der Waals surface area contributed by atoms with Gasteiger partial charge in [0.15, 0.2) is 0 Å². The minimum atomic E-state index is 0.0424. The molecule has 0 bridgehead atoms. The maximum atomic E-state index is 12.8. The lowest BCUT2D eigenvalue weighted by Gasteiger charge is -2.34. The molecule has 0 unspecified atom stereocenters. The van der Waals surface area contributed by atoms with Crippen molar-refractivity contribution in [1.29, 1.82) is 5.26 Å². The largest absolute Gasteiger partial charge is 0.419 e. The van der Waals surface area contributed by atoms with Crippen LogP contribution in [0.15, 0.2) is 59.0 Å². The van der Waals surface area contributed by atoms with Crippen LogP contribution in [0, 0.1) is 18.3 Å². The van der Waals surface area contributed by atoms with Gasteiger partial charge in [-0.3, -0.25) is 4.79 Å². The van der Waals surface area contributed by atoms with Crippen LogP contribution in [0.3, 0.4) is 0 Å². The maximum absolute atomic E-state index is 12.8. The summed E-state index contributed by atoms with van der Waals surface area (Å²) in [5.41, 5.74) is 2.82. The summed E-state index contributed by atoms with van der Waals surface area (Å²) in [5, 5.41) is 9.47. The lowest BCUT2D eigenvalue weighted by Crippen LogP contribution is -2.49. The van der Waals surface area contributed by atoms with Crippen molar-refractivity contribution in [1.82, 2.24) is 9.88 Å². The van der Waals surface area contributed by atoms with Gasteiger partial charge in [0.05, 0.1) is 0 Å². The number of carbonyl (C=O) groups excluding carboxylic acids is 1. The second-order valence-electron chi connectivity index (χ2n) is 6.74. The second kappa shape index (κ2) is 7.57. The number of amides is 1. The van der Waals surface area contributed by atoms with Crippen molar-refractivity contribution in [2.75, 3.05) is 31.1 Å². The Hall–Kier alpha value is -3.59. The minimum absolute atomic E-state index is 0.0424. The SMILES string of the molecule is Cc1ccccc1C(=O)N1CCN(c2oc(-c3ccccc3)nc2C#N)CC1. The number of nitriles is 1. The summed E-state index contributed by atoms with van der Waals surface area (Å²) in [5.74, 6) is 0.954. The standard InChI is InChI=1S/C22H20N4O2/c1-16-7-5-6-10-18(16)21(27)25-11-13-26(14-12-25)22-19(15-23)24-20(28-22)17-8-3-2-4-9-17/h2-10H,11-14H2,1H3. The first-order valence-corrected chi connectivity index (χ1v) is 9.23. The van der Waals surface area contributed by atoms with Gasteiger partial charge in [-0.2, -0.15) is 10.2 Å². The molecule has 0 radical (unpaired) electrons. The predicted molar refractivity (Wildman–Crippen MR) is 106 cm³/mol. The van der Waals surface area contributed by atoms with Crippen molar-refractivity contribution < 1.29 is 9.21 Å². The van der Waals surface area contributed by atoms with E-state index >= 15 is 0 Å². The van der Waals surface area contributed by atoms with Crippen LogP contribution in [-0.2, 0) is 0 Å². The molecule has 2 aromatic carbocycles. The summed E-state index contributed by atoms with van der Waals surface area (Å²) in [7, 11) is 0. The molecule has 6 nitrogen and oxygen atoms in total. The van der Waals surface area contributed by atoms with E-state index in [0.717, 1.165) is 16.7 Å². The Morgan fingerprint density at radius 1 is 1.04 bits per heavy atom. The Bertz CT molecular complexity index is 1030. The third-order valence-electron chi connectivity index (χ3n) is 4.97. The quantitative estimate of drug-likeness (QED) is 0.704. The normalized spacial score (nSPS) is 14.0. The van der Waals surface area contributed by atoms with Crippen molar-refractivity contribution in [3.05, 3.63) is 71.4 Å². The zero-order chi connectivity index (χ0) is 19.5. The average Bonchev–Trinajstić information content (AvgIpc) is 3.19. The number of rotatable bonds is 3. The molecule has 140 valence electrons. The molecule has 28 heavy (non-hydrogen) atoms. The molecule has 3 aromatic rings. The van der Waals surface area contributed by atoms with E-state index in [2.05, 4.69) is 11.1 Å². The first-order valence-electron chi connectivity index (χ1n) is 9.23. The van der Waals surface area contributed by atoms with E-state index in [1.165, 1.54) is 0 Å². The average molecular weight is 372 g/mol. The highest BCUT2D eigenvalue weighted by molar-refractivity contribution is 5.95. The van der Waals surface area contributed by atoms with Gasteiger partial charge in [-0.1, -0.05) is 36.4 Å². The van der Waals surface area contributed by atoms with Gasteiger partial charge in [0.1, 0.15) is 6.07 Å². The Labute approximate surface area is 163 Å². The number of anilines is 1. The fraction of sp³-hybridized carbons (Fsp3) is 0.227. The Morgan fingerprint density at radius 3 is 2.39 bits per heavy atom. The molecule has 4 rings (SSSR count). The number of oxazole rings is 1. The molecule has 2 heterocycles. The highest BCUT2D eigenvalue weighted by atomic mass is 16.4. The molecule has 1 saturated heterocycles. The van der Waals surface area contributed by atoms with Crippen molar-refractivity contribution >= 4 is 11.8 Å². The van der Waals surface area contributed by atoms with Crippen LogP contribution < -0.4 is 4.90 Å². The fourth-order valence-corrected chi connectivity index (χ4v) is 3.40. The monoisotopic (exact) mass is 372 g/mol. The van der Waals surface area contributed by atoms with Crippen molar-refractivity contribution in [2.24, 2.45) is 0 Å². The first kappa shape index (κ1) is 17.8. The molecule has 0 saturated carbocycles. The number of aromatic nitrogens is 1. The number of aryl methyl sites for hydroxylation is 1. The summed E-state index contributed by atoms with van der Waals surface area (Å²) in [6.07, 6.45) is 0. The van der Waals surface area contributed by atoms with Crippen LogP contribution in [0.2, 0.25) is 0 Å². The van der Waals surface area contributed by atoms with E-state index < -0.39 is 0 Å². The molecule has 6 heteroatoms. The van der Waals surface area contributed by atoms with E-state index in [0.29, 0.717) is 38.0 Å². The van der Waals surface area contributed by atoms with Gasteiger partial charge in [0.25, 0.3) is 5.91 Å². The summed E-state index contributed by atoms with van der Waals surface area (Å²) in [6.45, 7) is 4.27. The zero-order valence-electron chi connectivity index (χ0n) is 15.6. The number of hydrogen-bond donors (Lipinski definition) is 0. The maximum Gasteiger partial charge on any atom is 0.254 e. The Balaban J connectivity index is 1.50. The van der Waals surface area contributed by atoms with E-state index in [-0.39, 0.29) is 11.6 Å². The van der Waals surface area contributed by atoms with E-state index in [9.17, 15) is 10.1 Å². The molecule has 1 aliphatic rings. The summed E-state index contributed by atoms with van der Waals surface area (Å²) < 4.78 is 5.92. The zero-order valence-corrected chi connectivity index (χ0v) is 15.6. The summed E-state index contributed by atoms with van der Waals surface area (Å²) in [4.78, 5) is 21.0. The molecule has 1 fully saturated rings. The smallest absolute Gasteiger partial charge is 0.254 e. The molecule has 0 aliphatic carbocycles. The number of benzene rings is 2. The number of nitrogens with zero attached hydrogens (tertiary/aromatic N) is 4. The van der Waals surface area contributed by atoms with Crippen molar-refractivity contribution in [3.8, 4) is 17.5 Å². The topological polar surface area (TPSA) is 73.4 Å². The third-order valence-corrected chi connectivity index (χ3v) is 4.97. The molecule has 0 atom stereocenters. The van der Waals surface area contributed by atoms with E-state index in [1.807, 2.05) is 71.3 Å². The van der Waals surface area contributed by atoms with Gasteiger partial charge in [-0.25, -0.2) is 0 Å². The van der Waals surface area contributed by atoms with Gasteiger partial charge < -0.3 is 14.2 Å². The Morgan fingerprint density at radius 2 is 1.71 bits per heavy atom. The molecule has 1 aromatic heterocycles. The highest BCUT2D eigenvalue weighted by Crippen LogP contribution is 2.29. The summed E-state index contributed by atoms with van der Waals surface area (Å²) >= 11 is 0. The Kier molecular flexibility index (Phi) is 4.81. The van der Waals surface area contributed by atoms with Crippen LogP contribution in [0.4, 0.5) is 5.88 Å². The fourth-order valence-electron chi connectivity index (χ4n) is 3.40. The molecule has 1 aliphatic heterocycles. The number of piperazine rings is 1. The molecule has 1 amide bonds. The van der Waals surface area contributed by atoms with Crippen LogP contribution in [0.5, 0.6) is 0 Å². The third kappa shape index (κ3) is 3.35. The molecule has 0 N–H and O–H groups in total. The highest BCUT2D eigenvalue weighted by Gasteiger charge is 2.27. The van der Waals surface area contributed by atoms with Gasteiger partial charge in [0.2, 0.25) is 17.5 Å². The van der Waals surface area contributed by atoms with Crippen LogP contribution in [-0.4, -0.2) is 42.0 Å².